The fourth-order valence-electron chi connectivity index (χ4n) is 1.78. The Hall–Kier alpha value is -0.900. The Balaban J connectivity index is 2.21. The van der Waals surface area contributed by atoms with Crippen molar-refractivity contribution in [2.24, 2.45) is 5.92 Å². The summed E-state index contributed by atoms with van der Waals surface area (Å²) in [7, 11) is 0. The highest BCUT2D eigenvalue weighted by Gasteiger charge is 2.29. The highest BCUT2D eigenvalue weighted by atomic mass is 79.9. The lowest BCUT2D eigenvalue weighted by Gasteiger charge is -2.16. The van der Waals surface area contributed by atoms with Gasteiger partial charge in [-0.25, -0.2) is 4.39 Å². The van der Waals surface area contributed by atoms with Crippen LogP contribution in [0.5, 0.6) is 0 Å². The summed E-state index contributed by atoms with van der Waals surface area (Å²) in [6, 6.07) is 6.16. The first kappa shape index (κ1) is 10.6. The van der Waals surface area contributed by atoms with Crippen molar-refractivity contribution in [3.8, 4) is 0 Å². The number of nitrogens with zero attached hydrogens (tertiary/aromatic N) is 1. The summed E-state index contributed by atoms with van der Waals surface area (Å²) >= 11 is 3.37. The maximum atomic E-state index is 13.0. The maximum absolute atomic E-state index is 13.0. The van der Waals surface area contributed by atoms with Crippen molar-refractivity contribution in [1.82, 2.24) is 0 Å². The van der Waals surface area contributed by atoms with E-state index in [1.54, 1.807) is 17.0 Å². The predicted molar refractivity (Wildman–Crippen MR) is 60.7 cm³/mol. The van der Waals surface area contributed by atoms with Crippen LogP contribution < -0.4 is 4.90 Å². The van der Waals surface area contributed by atoms with E-state index in [9.17, 15) is 9.18 Å². The van der Waals surface area contributed by atoms with Gasteiger partial charge in [0.25, 0.3) is 0 Å². The van der Waals surface area contributed by atoms with E-state index in [1.807, 2.05) is 0 Å². The number of anilines is 1. The van der Waals surface area contributed by atoms with E-state index in [2.05, 4.69) is 15.9 Å². The molecule has 1 saturated heterocycles. The Morgan fingerprint density at radius 3 is 2.93 bits per heavy atom. The molecule has 1 aliphatic rings. The lowest BCUT2D eigenvalue weighted by molar-refractivity contribution is -0.117. The summed E-state index contributed by atoms with van der Waals surface area (Å²) in [5.41, 5.74) is 0.656. The second kappa shape index (κ2) is 4.31. The molecule has 1 heterocycles. The number of alkyl halides is 1. The van der Waals surface area contributed by atoms with Gasteiger partial charge >= 0.3 is 0 Å². The molecular formula is C11H11BrFNO. The first-order valence-corrected chi connectivity index (χ1v) is 5.94. The Morgan fingerprint density at radius 1 is 1.53 bits per heavy atom. The van der Waals surface area contributed by atoms with Crippen LogP contribution in [0, 0.1) is 11.7 Å². The zero-order valence-electron chi connectivity index (χ0n) is 8.12. The highest BCUT2D eigenvalue weighted by molar-refractivity contribution is 9.09. The number of carbonyl (C=O) groups is 1. The van der Waals surface area contributed by atoms with Crippen LogP contribution in [0.15, 0.2) is 24.3 Å². The van der Waals surface area contributed by atoms with E-state index in [1.165, 1.54) is 12.1 Å². The molecule has 1 fully saturated rings. The van der Waals surface area contributed by atoms with Crippen molar-refractivity contribution in [3.05, 3.63) is 30.1 Å². The number of rotatable bonds is 2. The Kier molecular flexibility index (Phi) is 3.05. The SMILES string of the molecule is O=C1CC(CBr)CN1c1cccc(F)c1. The molecule has 0 bridgehead atoms. The second-order valence-corrected chi connectivity index (χ2v) is 4.36. The number of halogens is 2. The molecular weight excluding hydrogens is 261 g/mol. The van der Waals surface area contributed by atoms with E-state index in [-0.39, 0.29) is 11.7 Å². The van der Waals surface area contributed by atoms with Gasteiger partial charge in [-0.1, -0.05) is 22.0 Å². The Labute approximate surface area is 96.2 Å². The van der Waals surface area contributed by atoms with E-state index >= 15 is 0 Å². The minimum absolute atomic E-state index is 0.0741. The molecule has 4 heteroatoms. The summed E-state index contributed by atoms with van der Waals surface area (Å²) in [5, 5.41) is 0.810. The molecule has 1 unspecified atom stereocenters. The summed E-state index contributed by atoms with van der Waals surface area (Å²) < 4.78 is 13.0. The average molecular weight is 272 g/mol. The lowest BCUT2D eigenvalue weighted by atomic mass is 10.2. The van der Waals surface area contributed by atoms with Gasteiger partial charge in [-0.2, -0.15) is 0 Å². The van der Waals surface area contributed by atoms with Gasteiger partial charge in [0.1, 0.15) is 5.82 Å². The molecule has 1 atom stereocenters. The quantitative estimate of drug-likeness (QED) is 0.758. The smallest absolute Gasteiger partial charge is 0.227 e. The van der Waals surface area contributed by atoms with Crippen molar-refractivity contribution in [1.29, 1.82) is 0 Å². The van der Waals surface area contributed by atoms with Crippen molar-refractivity contribution >= 4 is 27.5 Å². The summed E-state index contributed by atoms with van der Waals surface area (Å²) in [6.07, 6.45) is 0.543. The van der Waals surface area contributed by atoms with E-state index in [4.69, 9.17) is 0 Å². The minimum atomic E-state index is -0.303. The zero-order valence-corrected chi connectivity index (χ0v) is 9.71. The molecule has 15 heavy (non-hydrogen) atoms. The monoisotopic (exact) mass is 271 g/mol. The molecule has 1 aliphatic heterocycles. The fraction of sp³-hybridized carbons (Fsp3) is 0.364. The lowest BCUT2D eigenvalue weighted by Crippen LogP contribution is -2.24. The molecule has 1 amide bonds. The molecule has 1 aromatic rings. The summed E-state index contributed by atoms with van der Waals surface area (Å²) in [5.74, 6) is 0.105. The normalized spacial score (nSPS) is 21.1. The Bertz CT molecular complexity index is 383. The number of hydrogen-bond acceptors (Lipinski definition) is 1. The third kappa shape index (κ3) is 2.20. The van der Waals surface area contributed by atoms with Crippen LogP contribution in [-0.4, -0.2) is 17.8 Å². The van der Waals surface area contributed by atoms with Crippen LogP contribution in [0.1, 0.15) is 6.42 Å². The predicted octanol–water partition coefficient (Wildman–Crippen LogP) is 2.57. The number of amides is 1. The van der Waals surface area contributed by atoms with Crippen LogP contribution in [0.4, 0.5) is 10.1 Å². The largest absolute Gasteiger partial charge is 0.312 e. The van der Waals surface area contributed by atoms with E-state index in [0.717, 1.165) is 5.33 Å². The van der Waals surface area contributed by atoms with E-state index in [0.29, 0.717) is 24.6 Å². The first-order chi connectivity index (χ1) is 7.20. The van der Waals surface area contributed by atoms with Crippen LogP contribution in [-0.2, 0) is 4.79 Å². The zero-order chi connectivity index (χ0) is 10.8. The molecule has 0 spiro atoms. The van der Waals surface area contributed by atoms with Crippen molar-refractivity contribution in [2.75, 3.05) is 16.8 Å². The minimum Gasteiger partial charge on any atom is -0.312 e. The van der Waals surface area contributed by atoms with Crippen LogP contribution in [0.25, 0.3) is 0 Å². The van der Waals surface area contributed by atoms with Gasteiger partial charge in [0.15, 0.2) is 0 Å². The molecule has 1 aromatic carbocycles. The molecule has 80 valence electrons. The van der Waals surface area contributed by atoms with E-state index < -0.39 is 0 Å². The van der Waals surface area contributed by atoms with Crippen LogP contribution in [0.3, 0.4) is 0 Å². The first-order valence-electron chi connectivity index (χ1n) is 4.82. The van der Waals surface area contributed by atoms with Crippen molar-refractivity contribution in [3.63, 3.8) is 0 Å². The Morgan fingerprint density at radius 2 is 2.33 bits per heavy atom. The molecule has 0 radical (unpaired) electrons. The van der Waals surface area contributed by atoms with Crippen molar-refractivity contribution in [2.45, 2.75) is 6.42 Å². The topological polar surface area (TPSA) is 20.3 Å². The van der Waals surface area contributed by atoms with Gasteiger partial charge in [0, 0.05) is 24.0 Å². The third-order valence-electron chi connectivity index (χ3n) is 2.54. The molecule has 2 nitrogen and oxygen atoms in total. The van der Waals surface area contributed by atoms with Gasteiger partial charge in [-0.15, -0.1) is 0 Å². The number of hydrogen-bond donors (Lipinski definition) is 0. The molecule has 2 rings (SSSR count). The number of benzene rings is 1. The van der Waals surface area contributed by atoms with Gasteiger partial charge in [-0.05, 0) is 24.1 Å². The van der Waals surface area contributed by atoms with Gasteiger partial charge in [-0.3, -0.25) is 4.79 Å². The summed E-state index contributed by atoms with van der Waals surface area (Å²) in [4.78, 5) is 13.3. The number of carbonyl (C=O) groups excluding carboxylic acids is 1. The average Bonchev–Trinajstić information content (AvgIpc) is 2.60. The molecule has 0 aromatic heterocycles. The second-order valence-electron chi connectivity index (χ2n) is 3.71. The van der Waals surface area contributed by atoms with Gasteiger partial charge in [0.05, 0.1) is 0 Å². The van der Waals surface area contributed by atoms with Gasteiger partial charge < -0.3 is 4.90 Å². The molecule has 0 N–H and O–H groups in total. The molecule has 0 saturated carbocycles. The fourth-order valence-corrected chi connectivity index (χ4v) is 2.21. The maximum Gasteiger partial charge on any atom is 0.227 e. The van der Waals surface area contributed by atoms with Gasteiger partial charge in [0.2, 0.25) is 5.91 Å². The van der Waals surface area contributed by atoms with Crippen LogP contribution in [0.2, 0.25) is 0 Å². The summed E-state index contributed by atoms with van der Waals surface area (Å²) in [6.45, 7) is 0.674. The highest BCUT2D eigenvalue weighted by Crippen LogP contribution is 2.26. The molecule has 0 aliphatic carbocycles. The standard InChI is InChI=1S/C11H11BrFNO/c12-6-8-4-11(15)14(7-8)10-3-1-2-9(13)5-10/h1-3,5,8H,4,6-7H2. The van der Waals surface area contributed by atoms with Crippen LogP contribution >= 0.6 is 15.9 Å². The third-order valence-corrected chi connectivity index (χ3v) is 3.46. The van der Waals surface area contributed by atoms with Crippen molar-refractivity contribution < 1.29 is 9.18 Å².